The van der Waals surface area contributed by atoms with Gasteiger partial charge in [-0.05, 0) is 44.2 Å². The maximum Gasteiger partial charge on any atom is 0.259 e. The van der Waals surface area contributed by atoms with Crippen molar-refractivity contribution in [2.75, 3.05) is 0 Å². The SMILES string of the molecule is Cc1cc(-c2noc(-c3cc(O)ccc3Cl)n2)cc(C)n1. The largest absolute Gasteiger partial charge is 0.508 e. The lowest BCUT2D eigenvalue weighted by Crippen LogP contribution is -1.89. The van der Waals surface area contributed by atoms with E-state index >= 15 is 0 Å². The van der Waals surface area contributed by atoms with Crippen LogP contribution in [0.1, 0.15) is 11.4 Å². The first-order chi connectivity index (χ1) is 10.0. The van der Waals surface area contributed by atoms with Crippen LogP contribution in [0.2, 0.25) is 5.02 Å². The Balaban J connectivity index is 2.05. The molecule has 0 amide bonds. The smallest absolute Gasteiger partial charge is 0.259 e. The monoisotopic (exact) mass is 301 g/mol. The number of aromatic nitrogens is 3. The van der Waals surface area contributed by atoms with E-state index in [0.717, 1.165) is 17.0 Å². The van der Waals surface area contributed by atoms with Gasteiger partial charge >= 0.3 is 0 Å². The maximum absolute atomic E-state index is 9.54. The van der Waals surface area contributed by atoms with Gasteiger partial charge in [-0.15, -0.1) is 0 Å². The van der Waals surface area contributed by atoms with E-state index < -0.39 is 0 Å². The molecule has 5 nitrogen and oxygen atoms in total. The zero-order valence-corrected chi connectivity index (χ0v) is 12.2. The van der Waals surface area contributed by atoms with Gasteiger partial charge in [0.15, 0.2) is 0 Å². The van der Waals surface area contributed by atoms with Crippen LogP contribution >= 0.6 is 11.6 Å². The minimum Gasteiger partial charge on any atom is -0.508 e. The number of halogens is 1. The maximum atomic E-state index is 9.54. The third kappa shape index (κ3) is 2.73. The van der Waals surface area contributed by atoms with Crippen LogP contribution in [0.15, 0.2) is 34.9 Å². The van der Waals surface area contributed by atoms with E-state index in [0.29, 0.717) is 16.4 Å². The molecular weight excluding hydrogens is 290 g/mol. The molecule has 2 heterocycles. The lowest BCUT2D eigenvalue weighted by Gasteiger charge is -2.00. The van der Waals surface area contributed by atoms with Gasteiger partial charge in [-0.3, -0.25) is 4.98 Å². The summed E-state index contributed by atoms with van der Waals surface area (Å²) in [5.41, 5.74) is 3.09. The Labute approximate surface area is 126 Å². The Bertz CT molecular complexity index is 794. The van der Waals surface area contributed by atoms with Crippen molar-refractivity contribution in [2.45, 2.75) is 13.8 Å². The molecule has 6 heteroatoms. The fourth-order valence-corrected chi connectivity index (χ4v) is 2.29. The highest BCUT2D eigenvalue weighted by Crippen LogP contribution is 2.31. The molecule has 2 aromatic heterocycles. The van der Waals surface area contributed by atoms with Gasteiger partial charge in [0.05, 0.1) is 10.6 Å². The summed E-state index contributed by atoms with van der Waals surface area (Å²) in [7, 11) is 0. The van der Waals surface area contributed by atoms with Gasteiger partial charge in [0.1, 0.15) is 5.75 Å². The minimum absolute atomic E-state index is 0.0877. The molecule has 0 saturated heterocycles. The van der Waals surface area contributed by atoms with Crippen molar-refractivity contribution in [3.05, 3.63) is 46.7 Å². The summed E-state index contributed by atoms with van der Waals surface area (Å²) in [5.74, 6) is 0.806. The topological polar surface area (TPSA) is 72.0 Å². The van der Waals surface area contributed by atoms with Gasteiger partial charge in [-0.25, -0.2) is 0 Å². The van der Waals surface area contributed by atoms with E-state index in [1.807, 2.05) is 26.0 Å². The van der Waals surface area contributed by atoms with Gasteiger partial charge in [-0.2, -0.15) is 4.98 Å². The number of phenols is 1. The second-order valence-electron chi connectivity index (χ2n) is 4.73. The fourth-order valence-electron chi connectivity index (χ4n) is 2.09. The van der Waals surface area contributed by atoms with Crippen molar-refractivity contribution in [3.8, 4) is 28.6 Å². The Morgan fingerprint density at radius 3 is 2.48 bits per heavy atom. The van der Waals surface area contributed by atoms with Crippen LogP contribution in [-0.4, -0.2) is 20.2 Å². The van der Waals surface area contributed by atoms with E-state index in [2.05, 4.69) is 15.1 Å². The molecule has 0 spiro atoms. The molecule has 3 rings (SSSR count). The lowest BCUT2D eigenvalue weighted by atomic mass is 10.2. The number of aryl methyl sites for hydroxylation is 2. The highest BCUT2D eigenvalue weighted by atomic mass is 35.5. The highest BCUT2D eigenvalue weighted by molar-refractivity contribution is 6.33. The number of nitrogens with zero attached hydrogens (tertiary/aromatic N) is 3. The molecule has 0 aliphatic rings. The van der Waals surface area contributed by atoms with Crippen molar-refractivity contribution in [2.24, 2.45) is 0 Å². The molecule has 0 aliphatic heterocycles. The third-order valence-corrected chi connectivity index (χ3v) is 3.28. The van der Waals surface area contributed by atoms with Crippen LogP contribution in [-0.2, 0) is 0 Å². The molecule has 0 fully saturated rings. The van der Waals surface area contributed by atoms with Crippen LogP contribution in [0.5, 0.6) is 5.75 Å². The second kappa shape index (κ2) is 5.18. The van der Waals surface area contributed by atoms with Gasteiger partial charge in [0, 0.05) is 17.0 Å². The van der Waals surface area contributed by atoms with Gasteiger partial charge in [-0.1, -0.05) is 16.8 Å². The summed E-state index contributed by atoms with van der Waals surface area (Å²) in [5, 5.41) is 13.9. The molecule has 3 aromatic rings. The third-order valence-electron chi connectivity index (χ3n) is 2.95. The zero-order valence-electron chi connectivity index (χ0n) is 11.5. The van der Waals surface area contributed by atoms with Crippen LogP contribution < -0.4 is 0 Å². The normalized spacial score (nSPS) is 10.8. The number of hydrogen-bond donors (Lipinski definition) is 1. The van der Waals surface area contributed by atoms with E-state index in [1.165, 1.54) is 12.1 Å². The van der Waals surface area contributed by atoms with E-state index in [9.17, 15) is 5.11 Å². The molecular formula is C15H12ClN3O2. The Morgan fingerprint density at radius 2 is 1.76 bits per heavy atom. The van der Waals surface area contributed by atoms with E-state index in [4.69, 9.17) is 16.1 Å². The minimum atomic E-state index is 0.0877. The van der Waals surface area contributed by atoms with E-state index in [-0.39, 0.29) is 11.6 Å². The number of pyridine rings is 1. The molecule has 1 N–H and O–H groups in total. The summed E-state index contributed by atoms with van der Waals surface area (Å²) < 4.78 is 5.24. The molecule has 0 bridgehead atoms. The van der Waals surface area contributed by atoms with Crippen molar-refractivity contribution < 1.29 is 9.63 Å². The van der Waals surface area contributed by atoms with Crippen LogP contribution in [0.3, 0.4) is 0 Å². The molecule has 0 saturated carbocycles. The molecule has 0 aliphatic carbocycles. The van der Waals surface area contributed by atoms with Crippen molar-refractivity contribution in [1.29, 1.82) is 0 Å². The standard InChI is InChI=1S/C15H12ClN3O2/c1-8-5-10(6-9(2)17-8)14-18-15(21-19-14)12-7-11(20)3-4-13(12)16/h3-7,20H,1-2H3. The number of phenolic OH excluding ortho intramolecular Hbond substituents is 1. The van der Waals surface area contributed by atoms with E-state index in [1.54, 1.807) is 6.07 Å². The van der Waals surface area contributed by atoms with Gasteiger partial charge in [0.25, 0.3) is 5.89 Å². The fraction of sp³-hybridized carbons (Fsp3) is 0.133. The average molecular weight is 302 g/mol. The number of rotatable bonds is 2. The highest BCUT2D eigenvalue weighted by Gasteiger charge is 2.14. The van der Waals surface area contributed by atoms with Crippen molar-refractivity contribution in [1.82, 2.24) is 15.1 Å². The molecule has 21 heavy (non-hydrogen) atoms. The average Bonchev–Trinajstić information content (AvgIpc) is 2.90. The Morgan fingerprint density at radius 1 is 1.05 bits per heavy atom. The summed E-state index contributed by atoms with van der Waals surface area (Å²) in [4.78, 5) is 8.64. The quantitative estimate of drug-likeness (QED) is 0.780. The first-order valence-corrected chi connectivity index (χ1v) is 6.69. The van der Waals surface area contributed by atoms with Crippen LogP contribution in [0.4, 0.5) is 0 Å². The first-order valence-electron chi connectivity index (χ1n) is 6.31. The molecule has 0 radical (unpaired) electrons. The lowest BCUT2D eigenvalue weighted by molar-refractivity contribution is 0.431. The van der Waals surface area contributed by atoms with Gasteiger partial charge in [0.2, 0.25) is 5.82 Å². The molecule has 0 atom stereocenters. The summed E-state index contributed by atoms with van der Waals surface area (Å²) >= 11 is 6.09. The molecule has 1 aromatic carbocycles. The first kappa shape index (κ1) is 13.6. The summed E-state index contributed by atoms with van der Waals surface area (Å²) in [6.07, 6.45) is 0. The predicted octanol–water partition coefficient (Wildman–Crippen LogP) is 3.77. The van der Waals surface area contributed by atoms with Crippen molar-refractivity contribution >= 4 is 11.6 Å². The predicted molar refractivity (Wildman–Crippen MR) is 79.1 cm³/mol. The van der Waals surface area contributed by atoms with Crippen molar-refractivity contribution in [3.63, 3.8) is 0 Å². The number of hydrogen-bond acceptors (Lipinski definition) is 5. The zero-order chi connectivity index (χ0) is 15.0. The number of benzene rings is 1. The number of aromatic hydroxyl groups is 1. The Hall–Kier alpha value is -2.40. The summed E-state index contributed by atoms with van der Waals surface area (Å²) in [6, 6.07) is 8.33. The van der Waals surface area contributed by atoms with Crippen LogP contribution in [0, 0.1) is 13.8 Å². The second-order valence-corrected chi connectivity index (χ2v) is 5.13. The van der Waals surface area contributed by atoms with Gasteiger partial charge < -0.3 is 9.63 Å². The Kier molecular flexibility index (Phi) is 3.35. The summed E-state index contributed by atoms with van der Waals surface area (Å²) in [6.45, 7) is 3.81. The molecule has 106 valence electrons. The molecule has 0 unspecified atom stereocenters. The van der Waals surface area contributed by atoms with Crippen LogP contribution in [0.25, 0.3) is 22.8 Å².